The predicted octanol–water partition coefficient (Wildman–Crippen LogP) is 3.30. The molecule has 0 atom stereocenters. The number of carbonyl (C=O) groups is 1. The van der Waals surface area contributed by atoms with Crippen molar-refractivity contribution in [3.05, 3.63) is 54.1 Å². The van der Waals surface area contributed by atoms with E-state index in [1.807, 2.05) is 0 Å². The van der Waals surface area contributed by atoms with E-state index in [4.69, 9.17) is 0 Å². The molecule has 0 spiro atoms. The van der Waals surface area contributed by atoms with Crippen LogP contribution in [0.2, 0.25) is 0 Å². The maximum Gasteiger partial charge on any atom is 0.534 e. The molecule has 0 bridgehead atoms. The summed E-state index contributed by atoms with van der Waals surface area (Å²) in [5.41, 5.74) is -3.48. The zero-order chi connectivity index (χ0) is 18.7. The number of benzene rings is 2. The highest BCUT2D eigenvalue weighted by atomic mass is 32.2. The van der Waals surface area contributed by atoms with Crippen LogP contribution in [0.5, 0.6) is 5.75 Å². The number of halogens is 3. The van der Waals surface area contributed by atoms with E-state index >= 15 is 0 Å². The van der Waals surface area contributed by atoms with Gasteiger partial charge in [0.15, 0.2) is 0 Å². The largest absolute Gasteiger partial charge is 0.534 e. The molecule has 0 N–H and O–H groups in total. The second kappa shape index (κ2) is 7.14. The van der Waals surface area contributed by atoms with Crippen LogP contribution in [0.15, 0.2) is 48.5 Å². The Hall–Kier alpha value is -2.55. The molecule has 2 aromatic carbocycles. The standard InChI is InChI=1S/C16H13F3O5S/c1-23-15(20)10-11-3-2-4-13(9-11)12-5-7-14(8-6-12)24-25(21,22)16(17,18)19/h2-9H,10H2,1H3. The molecule has 0 radical (unpaired) electrons. The monoisotopic (exact) mass is 374 g/mol. The summed E-state index contributed by atoms with van der Waals surface area (Å²) >= 11 is 0. The Morgan fingerprint density at radius 1 is 1.04 bits per heavy atom. The van der Waals surface area contributed by atoms with E-state index in [1.165, 1.54) is 19.2 Å². The van der Waals surface area contributed by atoms with Gasteiger partial charge in [-0.2, -0.15) is 21.6 Å². The third kappa shape index (κ3) is 4.72. The van der Waals surface area contributed by atoms with Crippen LogP contribution in [0.1, 0.15) is 5.56 Å². The van der Waals surface area contributed by atoms with E-state index in [0.717, 1.165) is 12.1 Å². The molecule has 0 amide bonds. The maximum atomic E-state index is 12.3. The Kier molecular flexibility index (Phi) is 5.36. The molecule has 2 rings (SSSR count). The summed E-state index contributed by atoms with van der Waals surface area (Å²) in [5, 5.41) is 0. The molecule has 0 aliphatic heterocycles. The molecule has 5 nitrogen and oxygen atoms in total. The molecule has 9 heteroatoms. The second-order valence-corrected chi connectivity index (χ2v) is 6.50. The summed E-state index contributed by atoms with van der Waals surface area (Å²) in [4.78, 5) is 11.3. The zero-order valence-electron chi connectivity index (χ0n) is 12.9. The average molecular weight is 374 g/mol. The Balaban J connectivity index is 2.20. The van der Waals surface area contributed by atoms with Crippen molar-refractivity contribution in [2.45, 2.75) is 11.9 Å². The van der Waals surface area contributed by atoms with Gasteiger partial charge in [-0.25, -0.2) is 0 Å². The minimum atomic E-state index is -5.70. The fourth-order valence-electron chi connectivity index (χ4n) is 1.98. The first-order chi connectivity index (χ1) is 11.6. The van der Waals surface area contributed by atoms with Crippen LogP contribution in [0.4, 0.5) is 13.2 Å². The maximum absolute atomic E-state index is 12.3. The molecular formula is C16H13F3O5S. The molecule has 0 aliphatic carbocycles. The van der Waals surface area contributed by atoms with Crippen LogP contribution in [0.3, 0.4) is 0 Å². The third-order valence-electron chi connectivity index (χ3n) is 3.18. The van der Waals surface area contributed by atoms with Crippen LogP contribution < -0.4 is 4.18 Å². The minimum absolute atomic E-state index is 0.0787. The smallest absolute Gasteiger partial charge is 0.469 e. The summed E-state index contributed by atoms with van der Waals surface area (Å²) in [6.45, 7) is 0. The van der Waals surface area contributed by atoms with Gasteiger partial charge in [-0.05, 0) is 28.8 Å². The summed E-state index contributed by atoms with van der Waals surface area (Å²) in [6, 6.07) is 12.0. The number of ether oxygens (including phenoxy) is 1. The molecule has 25 heavy (non-hydrogen) atoms. The van der Waals surface area contributed by atoms with Gasteiger partial charge in [-0.1, -0.05) is 36.4 Å². The van der Waals surface area contributed by atoms with Crippen LogP contribution in [0, 0.1) is 0 Å². The SMILES string of the molecule is COC(=O)Cc1cccc(-c2ccc(OS(=O)(=O)C(F)(F)F)cc2)c1. The molecule has 0 aliphatic rings. The van der Waals surface area contributed by atoms with E-state index in [-0.39, 0.29) is 6.42 Å². The van der Waals surface area contributed by atoms with E-state index in [9.17, 15) is 26.4 Å². The number of esters is 1. The second-order valence-electron chi connectivity index (χ2n) is 4.96. The lowest BCUT2D eigenvalue weighted by molar-refractivity contribution is -0.139. The summed E-state index contributed by atoms with van der Waals surface area (Å²) in [5.74, 6) is -0.856. The Morgan fingerprint density at radius 3 is 2.24 bits per heavy atom. The molecule has 0 unspecified atom stereocenters. The zero-order valence-corrected chi connectivity index (χ0v) is 13.7. The van der Waals surface area contributed by atoms with Crippen molar-refractivity contribution in [3.63, 3.8) is 0 Å². The molecule has 2 aromatic rings. The molecule has 0 saturated carbocycles. The molecule has 134 valence electrons. The van der Waals surface area contributed by atoms with Crippen molar-refractivity contribution < 1.29 is 35.3 Å². The van der Waals surface area contributed by atoms with Crippen molar-refractivity contribution in [2.75, 3.05) is 7.11 Å². The van der Waals surface area contributed by atoms with Gasteiger partial charge < -0.3 is 8.92 Å². The highest BCUT2D eigenvalue weighted by Crippen LogP contribution is 2.29. The average Bonchev–Trinajstić information content (AvgIpc) is 2.54. The Morgan fingerprint density at radius 2 is 1.68 bits per heavy atom. The topological polar surface area (TPSA) is 69.7 Å². The Labute approximate surface area is 142 Å². The summed E-state index contributed by atoms with van der Waals surface area (Å²) in [7, 11) is -4.43. The van der Waals surface area contributed by atoms with E-state index < -0.39 is 27.3 Å². The van der Waals surface area contributed by atoms with Crippen LogP contribution in [-0.4, -0.2) is 27.0 Å². The van der Waals surface area contributed by atoms with Crippen molar-refractivity contribution in [1.82, 2.24) is 0 Å². The van der Waals surface area contributed by atoms with Crippen molar-refractivity contribution >= 4 is 16.1 Å². The fourth-order valence-corrected chi connectivity index (χ4v) is 2.44. The number of hydrogen-bond acceptors (Lipinski definition) is 5. The molecular weight excluding hydrogens is 361 g/mol. The van der Waals surface area contributed by atoms with Gasteiger partial charge in [0.2, 0.25) is 0 Å². The first kappa shape index (κ1) is 18.8. The van der Waals surface area contributed by atoms with Gasteiger partial charge >= 0.3 is 21.6 Å². The number of rotatable bonds is 5. The van der Waals surface area contributed by atoms with E-state index in [0.29, 0.717) is 16.7 Å². The number of methoxy groups -OCH3 is 1. The molecule has 0 saturated heterocycles. The van der Waals surface area contributed by atoms with E-state index in [1.54, 1.807) is 24.3 Å². The molecule has 0 heterocycles. The first-order valence-corrected chi connectivity index (χ1v) is 8.30. The lowest BCUT2D eigenvalue weighted by Crippen LogP contribution is -2.28. The van der Waals surface area contributed by atoms with Gasteiger partial charge in [0.05, 0.1) is 13.5 Å². The van der Waals surface area contributed by atoms with Crippen molar-refractivity contribution in [1.29, 1.82) is 0 Å². The fraction of sp³-hybridized carbons (Fsp3) is 0.188. The van der Waals surface area contributed by atoms with Gasteiger partial charge in [0.25, 0.3) is 0 Å². The molecule has 0 aromatic heterocycles. The summed E-state index contributed by atoms with van der Waals surface area (Å²) < 4.78 is 67.4. The normalized spacial score (nSPS) is 11.8. The quantitative estimate of drug-likeness (QED) is 0.456. The van der Waals surface area contributed by atoms with Crippen LogP contribution in [0.25, 0.3) is 11.1 Å². The highest BCUT2D eigenvalue weighted by molar-refractivity contribution is 7.88. The van der Waals surface area contributed by atoms with Gasteiger partial charge in [0, 0.05) is 0 Å². The van der Waals surface area contributed by atoms with Gasteiger partial charge in [-0.3, -0.25) is 4.79 Å². The third-order valence-corrected chi connectivity index (χ3v) is 4.16. The number of alkyl halides is 3. The van der Waals surface area contributed by atoms with Crippen LogP contribution in [-0.2, 0) is 26.1 Å². The van der Waals surface area contributed by atoms with Crippen molar-refractivity contribution in [2.24, 2.45) is 0 Å². The first-order valence-electron chi connectivity index (χ1n) is 6.89. The predicted molar refractivity (Wildman–Crippen MR) is 83.2 cm³/mol. The lowest BCUT2D eigenvalue weighted by atomic mass is 10.0. The molecule has 0 fully saturated rings. The van der Waals surface area contributed by atoms with Gasteiger partial charge in [0.1, 0.15) is 5.75 Å². The minimum Gasteiger partial charge on any atom is -0.469 e. The van der Waals surface area contributed by atoms with Crippen molar-refractivity contribution in [3.8, 4) is 16.9 Å². The summed E-state index contributed by atoms with van der Waals surface area (Å²) in [6.07, 6.45) is 0.0787. The van der Waals surface area contributed by atoms with E-state index in [2.05, 4.69) is 8.92 Å². The Bertz CT molecular complexity index is 858. The highest BCUT2D eigenvalue weighted by Gasteiger charge is 2.48. The lowest BCUT2D eigenvalue weighted by Gasteiger charge is -2.10. The van der Waals surface area contributed by atoms with Crippen LogP contribution >= 0.6 is 0 Å². The number of carbonyl (C=O) groups excluding carboxylic acids is 1. The van der Waals surface area contributed by atoms with Gasteiger partial charge in [-0.15, -0.1) is 0 Å². The number of hydrogen-bond donors (Lipinski definition) is 0.